The Kier molecular flexibility index (Phi) is 6.53. The van der Waals surface area contributed by atoms with Crippen LogP contribution >= 0.6 is 0 Å². The molecule has 162 valence electrons. The molecule has 0 atom stereocenters. The van der Waals surface area contributed by atoms with Gasteiger partial charge in [-0.1, -0.05) is 12.1 Å². The van der Waals surface area contributed by atoms with Gasteiger partial charge < -0.3 is 14.4 Å². The Balaban J connectivity index is 1.72. The summed E-state index contributed by atoms with van der Waals surface area (Å²) in [6, 6.07) is 15.6. The van der Waals surface area contributed by atoms with E-state index in [9.17, 15) is 9.65 Å². The van der Waals surface area contributed by atoms with Gasteiger partial charge in [-0.05, 0) is 42.0 Å². The summed E-state index contributed by atoms with van der Waals surface area (Å²) in [5.74, 6) is 1.09. The zero-order valence-corrected chi connectivity index (χ0v) is 17.5. The molecule has 0 saturated carbocycles. The van der Waals surface area contributed by atoms with Gasteiger partial charge in [0.05, 0.1) is 32.2 Å². The average molecular weight is 432 g/mol. The van der Waals surface area contributed by atoms with Crippen LogP contribution in [0.4, 0.5) is 16.2 Å². The Morgan fingerprint density at radius 1 is 1.19 bits per heavy atom. The lowest BCUT2D eigenvalue weighted by molar-refractivity contribution is 0.122. The summed E-state index contributed by atoms with van der Waals surface area (Å²) in [6.07, 6.45) is 1.48. The van der Waals surface area contributed by atoms with Gasteiger partial charge in [0.1, 0.15) is 23.2 Å². The average Bonchev–Trinajstić information content (AvgIpc) is 2.84. The van der Waals surface area contributed by atoms with Crippen LogP contribution < -0.4 is 15.1 Å². The molecule has 1 N–H and O–H groups in total. The molecule has 1 aliphatic rings. The molecule has 0 unspecified atom stereocenters. The maximum Gasteiger partial charge on any atom is 0.246 e. The molecule has 32 heavy (non-hydrogen) atoms. The highest BCUT2D eigenvalue weighted by molar-refractivity contribution is 5.80. The zero-order chi connectivity index (χ0) is 22.3. The fourth-order valence-corrected chi connectivity index (χ4v) is 3.32. The van der Waals surface area contributed by atoms with E-state index in [-0.39, 0.29) is 11.8 Å². The van der Waals surface area contributed by atoms with Crippen LogP contribution in [-0.2, 0) is 4.74 Å². The van der Waals surface area contributed by atoms with E-state index in [1.54, 1.807) is 19.2 Å². The van der Waals surface area contributed by atoms with Crippen LogP contribution in [0.25, 0.3) is 11.3 Å². The largest absolute Gasteiger partial charge is 0.497 e. The number of halogens is 1. The van der Waals surface area contributed by atoms with Gasteiger partial charge in [0.15, 0.2) is 5.82 Å². The van der Waals surface area contributed by atoms with Crippen molar-refractivity contribution in [3.63, 3.8) is 0 Å². The fourth-order valence-electron chi connectivity index (χ4n) is 3.32. The van der Waals surface area contributed by atoms with Gasteiger partial charge >= 0.3 is 0 Å². The van der Waals surface area contributed by atoms with Gasteiger partial charge in [-0.3, -0.25) is 0 Å². The third kappa shape index (κ3) is 4.82. The number of hydrogen-bond donors (Lipinski definition) is 1. The van der Waals surface area contributed by atoms with E-state index in [2.05, 4.69) is 26.6 Å². The van der Waals surface area contributed by atoms with Gasteiger partial charge in [-0.2, -0.15) is 15.3 Å². The molecule has 2 heterocycles. The maximum absolute atomic E-state index is 13.4. The molecule has 0 radical (unpaired) electrons. The van der Waals surface area contributed by atoms with E-state index >= 15 is 0 Å². The van der Waals surface area contributed by atoms with Crippen molar-refractivity contribution in [2.45, 2.75) is 0 Å². The molecule has 9 heteroatoms. The van der Waals surface area contributed by atoms with Crippen LogP contribution in [0.3, 0.4) is 0 Å². The molecule has 1 aromatic heterocycles. The summed E-state index contributed by atoms with van der Waals surface area (Å²) in [5.41, 5.74) is 5.00. The number of nitriles is 1. The highest BCUT2D eigenvalue weighted by Crippen LogP contribution is 2.31. The van der Waals surface area contributed by atoms with E-state index in [1.807, 2.05) is 29.2 Å². The second-order valence-corrected chi connectivity index (χ2v) is 6.96. The van der Waals surface area contributed by atoms with Crippen LogP contribution in [0, 0.1) is 17.1 Å². The number of rotatable bonds is 6. The van der Waals surface area contributed by atoms with E-state index in [4.69, 9.17) is 9.47 Å². The highest BCUT2D eigenvalue weighted by Gasteiger charge is 2.22. The first-order valence-corrected chi connectivity index (χ1v) is 10.0. The van der Waals surface area contributed by atoms with E-state index in [1.165, 1.54) is 18.3 Å². The van der Waals surface area contributed by atoms with Gasteiger partial charge in [0, 0.05) is 18.7 Å². The minimum atomic E-state index is -0.347. The van der Waals surface area contributed by atoms with Crippen LogP contribution in [0.2, 0.25) is 0 Å². The Bertz CT molecular complexity index is 1150. The highest BCUT2D eigenvalue weighted by atomic mass is 19.1. The summed E-state index contributed by atoms with van der Waals surface area (Å²) in [4.78, 5) is 11.1. The Morgan fingerprint density at radius 3 is 2.66 bits per heavy atom. The number of ether oxygens (including phenoxy) is 2. The molecule has 8 nitrogen and oxygen atoms in total. The number of aromatic nitrogens is 2. The third-order valence-electron chi connectivity index (χ3n) is 4.90. The van der Waals surface area contributed by atoms with Crippen LogP contribution in [0.5, 0.6) is 5.75 Å². The smallest absolute Gasteiger partial charge is 0.246 e. The maximum atomic E-state index is 13.4. The second-order valence-electron chi connectivity index (χ2n) is 6.96. The molecule has 3 aromatic rings. The first-order chi connectivity index (χ1) is 15.7. The van der Waals surface area contributed by atoms with E-state index in [0.717, 1.165) is 5.56 Å². The number of morpholine rings is 1. The molecular weight excluding hydrogens is 411 g/mol. The predicted octanol–water partition coefficient (Wildman–Crippen LogP) is 3.45. The number of nitrogens with one attached hydrogen (secondary N) is 1. The van der Waals surface area contributed by atoms with Crippen LogP contribution in [0.1, 0.15) is 11.1 Å². The number of hydrogen-bond acceptors (Lipinski definition) is 8. The summed E-state index contributed by atoms with van der Waals surface area (Å²) < 4.78 is 24.1. The zero-order valence-electron chi connectivity index (χ0n) is 17.5. The van der Waals surface area contributed by atoms with Crippen molar-refractivity contribution in [3.05, 3.63) is 65.5 Å². The first-order valence-electron chi connectivity index (χ1n) is 10.0. The number of nitrogens with zero attached hydrogens (tertiary/aromatic N) is 5. The molecule has 0 amide bonds. The monoisotopic (exact) mass is 432 g/mol. The molecule has 0 bridgehead atoms. The number of benzene rings is 2. The second kappa shape index (κ2) is 9.85. The van der Waals surface area contributed by atoms with E-state index in [0.29, 0.717) is 54.7 Å². The molecule has 1 fully saturated rings. The third-order valence-corrected chi connectivity index (χ3v) is 4.90. The molecule has 4 rings (SSSR count). The lowest BCUT2D eigenvalue weighted by Crippen LogP contribution is -2.37. The lowest BCUT2D eigenvalue weighted by atomic mass is 10.1. The van der Waals surface area contributed by atoms with Crippen molar-refractivity contribution in [2.24, 2.45) is 5.10 Å². The molecule has 1 saturated heterocycles. The van der Waals surface area contributed by atoms with Gasteiger partial charge in [0.2, 0.25) is 5.95 Å². The Hall–Kier alpha value is -4.03. The minimum absolute atomic E-state index is 0.226. The minimum Gasteiger partial charge on any atom is -0.497 e. The summed E-state index contributed by atoms with van der Waals surface area (Å²) in [6.45, 7) is 2.32. The molecule has 0 aliphatic carbocycles. The Morgan fingerprint density at radius 2 is 1.97 bits per heavy atom. The van der Waals surface area contributed by atoms with Crippen LogP contribution in [-0.4, -0.2) is 49.6 Å². The standard InChI is InChI=1S/C23H21FN6O2/c1-31-19-7-5-17(6-8-19)21-20(14-25)22(30-9-11-32-12-10-30)28-23(27-21)29-26-15-16-3-2-4-18(24)13-16/h2-8,13,15H,9-12H2,1H3,(H,27,28,29)/b26-15+. The SMILES string of the molecule is COc1ccc(-c2nc(N/N=C/c3cccc(F)c3)nc(N3CCOCC3)c2C#N)cc1. The number of hydrazone groups is 1. The quantitative estimate of drug-likeness (QED) is 0.471. The fraction of sp³-hybridized carbons (Fsp3) is 0.217. The molecule has 2 aromatic carbocycles. The van der Waals surface area contributed by atoms with Crippen molar-refractivity contribution in [1.82, 2.24) is 9.97 Å². The van der Waals surface area contributed by atoms with Crippen molar-refractivity contribution >= 4 is 18.0 Å². The van der Waals surface area contributed by atoms with Crippen molar-refractivity contribution in [3.8, 4) is 23.1 Å². The predicted molar refractivity (Wildman–Crippen MR) is 119 cm³/mol. The topological polar surface area (TPSA) is 95.7 Å². The van der Waals surface area contributed by atoms with Crippen molar-refractivity contribution < 1.29 is 13.9 Å². The summed E-state index contributed by atoms with van der Waals surface area (Å²) >= 11 is 0. The number of methoxy groups -OCH3 is 1. The molecule has 0 spiro atoms. The normalized spacial score (nSPS) is 13.7. The summed E-state index contributed by atoms with van der Waals surface area (Å²) in [7, 11) is 1.59. The first kappa shape index (κ1) is 21.2. The Labute approximate surface area is 184 Å². The number of anilines is 2. The molecule has 1 aliphatic heterocycles. The van der Waals surface area contributed by atoms with E-state index < -0.39 is 0 Å². The molecular formula is C23H21FN6O2. The van der Waals surface area contributed by atoms with Gasteiger partial charge in [-0.15, -0.1) is 0 Å². The van der Waals surface area contributed by atoms with Gasteiger partial charge in [-0.25, -0.2) is 14.8 Å². The van der Waals surface area contributed by atoms with Crippen LogP contribution in [0.15, 0.2) is 53.6 Å². The summed E-state index contributed by atoms with van der Waals surface area (Å²) in [5, 5.41) is 14.1. The van der Waals surface area contributed by atoms with Crippen molar-refractivity contribution in [2.75, 3.05) is 43.7 Å². The van der Waals surface area contributed by atoms with Crippen molar-refractivity contribution in [1.29, 1.82) is 5.26 Å². The lowest BCUT2D eigenvalue weighted by Gasteiger charge is -2.29. The van der Waals surface area contributed by atoms with Gasteiger partial charge in [0.25, 0.3) is 0 Å².